The molecule has 1 aromatic rings. The van der Waals surface area contributed by atoms with Gasteiger partial charge in [0.2, 0.25) is 0 Å². The first-order chi connectivity index (χ1) is 10.1. The highest BCUT2D eigenvalue weighted by Gasteiger charge is 2.27. The summed E-state index contributed by atoms with van der Waals surface area (Å²) < 4.78 is 6.86. The second kappa shape index (κ2) is 6.36. The van der Waals surface area contributed by atoms with Crippen LogP contribution >= 0.6 is 15.9 Å². The lowest BCUT2D eigenvalue weighted by Crippen LogP contribution is -2.40. The molecule has 2 heterocycles. The predicted molar refractivity (Wildman–Crippen MR) is 83.6 cm³/mol. The number of rotatable bonds is 4. The molecule has 0 radical (unpaired) electrons. The Kier molecular flexibility index (Phi) is 4.50. The Morgan fingerprint density at radius 2 is 2.29 bits per heavy atom. The molecule has 3 rings (SSSR count). The molecule has 2 aliphatic heterocycles. The molecule has 21 heavy (non-hydrogen) atoms. The van der Waals surface area contributed by atoms with E-state index in [1.807, 2.05) is 0 Å². The summed E-state index contributed by atoms with van der Waals surface area (Å²) >= 11 is 3.57. The highest BCUT2D eigenvalue weighted by molar-refractivity contribution is 9.10. The first kappa shape index (κ1) is 14.9. The van der Waals surface area contributed by atoms with E-state index in [9.17, 15) is 4.79 Å². The summed E-state index contributed by atoms with van der Waals surface area (Å²) in [6.07, 6.45) is 4.44. The Balaban J connectivity index is 1.80. The zero-order valence-electron chi connectivity index (χ0n) is 12.0. The smallest absolute Gasteiger partial charge is 0.304 e. The Labute approximate surface area is 133 Å². The molecule has 1 N–H and O–H groups in total. The summed E-state index contributed by atoms with van der Waals surface area (Å²) in [6.45, 7) is 2.50. The Morgan fingerprint density at radius 3 is 3.10 bits per heavy atom. The summed E-state index contributed by atoms with van der Waals surface area (Å²) in [5.41, 5.74) is 2.43. The van der Waals surface area contributed by atoms with Gasteiger partial charge in [0.25, 0.3) is 0 Å². The van der Waals surface area contributed by atoms with Crippen molar-refractivity contribution in [1.29, 1.82) is 0 Å². The summed E-state index contributed by atoms with van der Waals surface area (Å²) in [7, 11) is 0. The molecule has 0 spiro atoms. The number of hydrogen-bond donors (Lipinski definition) is 1. The van der Waals surface area contributed by atoms with Crippen LogP contribution in [0.4, 0.5) is 0 Å². The van der Waals surface area contributed by atoms with Crippen molar-refractivity contribution in [2.45, 2.75) is 44.7 Å². The minimum Gasteiger partial charge on any atom is -0.493 e. The molecule has 2 aliphatic rings. The standard InChI is InChI=1S/C16H20BrNO3/c17-13-7-11-4-6-21-16(11)12(8-13)10-18-5-2-1-3-14(18)9-15(19)20/h7-8,14H,1-6,9-10H2,(H,19,20). The van der Waals surface area contributed by atoms with Crippen molar-refractivity contribution in [3.63, 3.8) is 0 Å². The van der Waals surface area contributed by atoms with Crippen LogP contribution in [0.3, 0.4) is 0 Å². The molecule has 1 unspecified atom stereocenters. The maximum atomic E-state index is 11.0. The molecule has 0 bridgehead atoms. The van der Waals surface area contributed by atoms with Crippen molar-refractivity contribution >= 4 is 21.9 Å². The minimum atomic E-state index is -0.706. The van der Waals surface area contributed by atoms with Gasteiger partial charge < -0.3 is 9.84 Å². The lowest BCUT2D eigenvalue weighted by atomic mass is 9.98. The number of likely N-dealkylation sites (tertiary alicyclic amines) is 1. The lowest BCUT2D eigenvalue weighted by molar-refractivity contribution is -0.138. The van der Waals surface area contributed by atoms with Crippen LogP contribution in [0.2, 0.25) is 0 Å². The van der Waals surface area contributed by atoms with Crippen LogP contribution in [0.25, 0.3) is 0 Å². The number of nitrogens with zero attached hydrogens (tertiary/aromatic N) is 1. The van der Waals surface area contributed by atoms with Crippen LogP contribution in [0.1, 0.15) is 36.8 Å². The van der Waals surface area contributed by atoms with Crippen LogP contribution < -0.4 is 4.74 Å². The topological polar surface area (TPSA) is 49.8 Å². The zero-order valence-corrected chi connectivity index (χ0v) is 13.6. The van der Waals surface area contributed by atoms with Crippen molar-refractivity contribution in [3.8, 4) is 5.75 Å². The lowest BCUT2D eigenvalue weighted by Gasteiger charge is -2.35. The third-order valence-corrected chi connectivity index (χ3v) is 4.82. The van der Waals surface area contributed by atoms with Crippen LogP contribution in [0.15, 0.2) is 16.6 Å². The molecule has 0 amide bonds. The number of carboxylic acids is 1. The third kappa shape index (κ3) is 3.40. The second-order valence-corrected chi connectivity index (χ2v) is 6.79. The molecule has 0 aromatic heterocycles. The molecule has 114 valence electrons. The fourth-order valence-electron chi connectivity index (χ4n) is 3.38. The Hall–Kier alpha value is -1.07. The average molecular weight is 354 g/mol. The number of benzene rings is 1. The molecule has 1 saturated heterocycles. The zero-order chi connectivity index (χ0) is 14.8. The van der Waals surface area contributed by atoms with Gasteiger partial charge >= 0.3 is 5.97 Å². The summed E-state index contributed by atoms with van der Waals surface area (Å²) in [5, 5.41) is 9.09. The number of carboxylic acid groups (broad SMARTS) is 1. The number of carbonyl (C=O) groups is 1. The van der Waals surface area contributed by atoms with Gasteiger partial charge in [0.15, 0.2) is 0 Å². The van der Waals surface area contributed by atoms with Crippen LogP contribution in [-0.4, -0.2) is 35.2 Å². The second-order valence-electron chi connectivity index (χ2n) is 5.87. The van der Waals surface area contributed by atoms with E-state index in [4.69, 9.17) is 9.84 Å². The molecule has 0 saturated carbocycles. The van der Waals surface area contributed by atoms with Gasteiger partial charge in [-0.05, 0) is 37.1 Å². The van der Waals surface area contributed by atoms with E-state index in [-0.39, 0.29) is 12.5 Å². The third-order valence-electron chi connectivity index (χ3n) is 4.36. The normalized spacial score (nSPS) is 21.9. The molecule has 1 aromatic carbocycles. The number of hydrogen-bond acceptors (Lipinski definition) is 3. The molecule has 0 aliphatic carbocycles. The van der Waals surface area contributed by atoms with Gasteiger partial charge in [0.05, 0.1) is 13.0 Å². The predicted octanol–water partition coefficient (Wildman–Crippen LogP) is 3.21. The first-order valence-electron chi connectivity index (χ1n) is 7.53. The van der Waals surface area contributed by atoms with Crippen LogP contribution in [0.5, 0.6) is 5.75 Å². The Morgan fingerprint density at radius 1 is 1.43 bits per heavy atom. The van der Waals surface area contributed by atoms with E-state index >= 15 is 0 Å². The van der Waals surface area contributed by atoms with Crippen molar-refractivity contribution in [2.75, 3.05) is 13.2 Å². The van der Waals surface area contributed by atoms with E-state index in [0.29, 0.717) is 0 Å². The van der Waals surface area contributed by atoms with Gasteiger partial charge in [-0.25, -0.2) is 0 Å². The summed E-state index contributed by atoms with van der Waals surface area (Å²) in [4.78, 5) is 13.4. The van der Waals surface area contributed by atoms with E-state index in [1.165, 1.54) is 11.1 Å². The molecule has 5 heteroatoms. The van der Waals surface area contributed by atoms with Crippen molar-refractivity contribution in [2.24, 2.45) is 0 Å². The highest BCUT2D eigenvalue weighted by atomic mass is 79.9. The maximum Gasteiger partial charge on any atom is 0.304 e. The number of halogens is 1. The number of aliphatic carboxylic acids is 1. The van der Waals surface area contributed by atoms with Crippen molar-refractivity contribution in [3.05, 3.63) is 27.7 Å². The summed E-state index contributed by atoms with van der Waals surface area (Å²) in [5.74, 6) is 0.306. The van der Waals surface area contributed by atoms with E-state index in [0.717, 1.165) is 55.6 Å². The van der Waals surface area contributed by atoms with Crippen molar-refractivity contribution < 1.29 is 14.6 Å². The fourth-order valence-corrected chi connectivity index (χ4v) is 3.94. The van der Waals surface area contributed by atoms with Crippen LogP contribution in [-0.2, 0) is 17.8 Å². The molecular formula is C16H20BrNO3. The molecule has 4 nitrogen and oxygen atoms in total. The molecular weight excluding hydrogens is 334 g/mol. The number of fused-ring (bicyclic) bond motifs is 1. The van der Waals surface area contributed by atoms with E-state index in [1.54, 1.807) is 0 Å². The maximum absolute atomic E-state index is 11.0. The van der Waals surface area contributed by atoms with Gasteiger partial charge in [-0.3, -0.25) is 9.69 Å². The first-order valence-corrected chi connectivity index (χ1v) is 8.33. The average Bonchev–Trinajstić information content (AvgIpc) is 2.88. The summed E-state index contributed by atoms with van der Waals surface area (Å²) in [6, 6.07) is 4.38. The number of ether oxygens (including phenoxy) is 1. The quantitative estimate of drug-likeness (QED) is 0.902. The Bertz CT molecular complexity index is 547. The van der Waals surface area contributed by atoms with Gasteiger partial charge in [0.1, 0.15) is 5.75 Å². The van der Waals surface area contributed by atoms with Gasteiger partial charge in [0, 0.05) is 29.0 Å². The van der Waals surface area contributed by atoms with E-state index < -0.39 is 5.97 Å². The van der Waals surface area contributed by atoms with Crippen molar-refractivity contribution in [1.82, 2.24) is 4.90 Å². The van der Waals surface area contributed by atoms with Gasteiger partial charge in [-0.15, -0.1) is 0 Å². The fraction of sp³-hybridized carbons (Fsp3) is 0.562. The molecule has 1 fully saturated rings. The van der Waals surface area contributed by atoms with E-state index in [2.05, 4.69) is 33.0 Å². The minimum absolute atomic E-state index is 0.146. The largest absolute Gasteiger partial charge is 0.493 e. The van der Waals surface area contributed by atoms with Gasteiger partial charge in [-0.2, -0.15) is 0 Å². The SMILES string of the molecule is O=C(O)CC1CCCCN1Cc1cc(Br)cc2c1OCC2. The monoisotopic (exact) mass is 353 g/mol. The van der Waals surface area contributed by atoms with Crippen LogP contribution in [0, 0.1) is 0 Å². The van der Waals surface area contributed by atoms with Gasteiger partial charge in [-0.1, -0.05) is 22.4 Å². The highest BCUT2D eigenvalue weighted by Crippen LogP contribution is 2.35. The number of piperidine rings is 1. The molecule has 1 atom stereocenters.